The van der Waals surface area contributed by atoms with Gasteiger partial charge in [0.05, 0.1) is 24.8 Å². The Hall–Kier alpha value is -2.72. The molecule has 2 saturated heterocycles. The molecule has 0 unspecified atom stereocenters. The Morgan fingerprint density at radius 1 is 1.29 bits per heavy atom. The summed E-state index contributed by atoms with van der Waals surface area (Å²) in [4.78, 5) is 19.5. The topological polar surface area (TPSA) is 74.6 Å². The number of aromatic nitrogens is 3. The summed E-state index contributed by atoms with van der Waals surface area (Å²) < 4.78 is 30.1. The minimum atomic E-state index is -1.06. The Morgan fingerprint density at radius 2 is 2.13 bits per heavy atom. The molecule has 2 aliphatic rings. The summed E-state index contributed by atoms with van der Waals surface area (Å²) in [6.07, 6.45) is 2.57. The highest BCUT2D eigenvalue weighted by Gasteiger charge is 2.35. The number of amides is 1. The van der Waals surface area contributed by atoms with Gasteiger partial charge in [-0.15, -0.1) is 16.9 Å². The zero-order valence-corrected chi connectivity index (χ0v) is 17.7. The second-order valence-corrected chi connectivity index (χ2v) is 8.74. The summed E-state index contributed by atoms with van der Waals surface area (Å²) in [7, 11) is 0. The number of carbonyl (C=O) groups is 1. The summed E-state index contributed by atoms with van der Waals surface area (Å²) in [6, 6.07) is 8.09. The van der Waals surface area contributed by atoms with Gasteiger partial charge in [-0.25, -0.2) is 18.3 Å². The Morgan fingerprint density at radius 3 is 2.87 bits per heavy atom. The van der Waals surface area contributed by atoms with Crippen LogP contribution in [0.15, 0.2) is 41.4 Å². The molecule has 31 heavy (non-hydrogen) atoms. The van der Waals surface area contributed by atoms with Crippen LogP contribution in [0.3, 0.4) is 0 Å². The number of imidazole rings is 1. The third-order valence-electron chi connectivity index (χ3n) is 5.76. The molecule has 1 amide bonds. The number of benzene rings is 1. The van der Waals surface area contributed by atoms with Crippen molar-refractivity contribution in [3.8, 4) is 0 Å². The largest absolute Gasteiger partial charge is 0.345 e. The van der Waals surface area contributed by atoms with E-state index in [9.17, 15) is 13.6 Å². The monoisotopic (exact) mass is 444 g/mol. The number of carbonyl (C=O) groups excluding carboxylic acids is 1. The molecule has 5 rings (SSSR count). The van der Waals surface area contributed by atoms with Gasteiger partial charge in [0.25, 0.3) is 5.91 Å². The van der Waals surface area contributed by atoms with E-state index in [-0.39, 0.29) is 36.8 Å². The highest BCUT2D eigenvalue weighted by Crippen LogP contribution is 2.38. The minimum absolute atomic E-state index is 0.0927. The molecule has 2 aliphatic heterocycles. The number of anilines is 1. The molecule has 162 valence electrons. The molecule has 0 saturated carbocycles. The first-order chi connectivity index (χ1) is 15.0. The van der Waals surface area contributed by atoms with Gasteiger partial charge in [-0.05, 0) is 42.2 Å². The third kappa shape index (κ3) is 3.85. The van der Waals surface area contributed by atoms with Crippen LogP contribution in [0.5, 0.6) is 0 Å². The normalized spacial score (nSPS) is 21.5. The van der Waals surface area contributed by atoms with Crippen LogP contribution < -0.4 is 15.5 Å². The Kier molecular flexibility index (Phi) is 5.27. The SMILES string of the molecule is CSc1cc(F)cc([C@H]2C[C@H](F)CN2c2ccc3ncc(C(=O)NC4CNC4)n3n2)c1. The van der Waals surface area contributed by atoms with Crippen molar-refractivity contribution in [2.45, 2.75) is 29.6 Å². The zero-order chi connectivity index (χ0) is 21.5. The van der Waals surface area contributed by atoms with Gasteiger partial charge in [-0.3, -0.25) is 4.79 Å². The number of fused-ring (bicyclic) bond motifs is 1. The van der Waals surface area contributed by atoms with Crippen LogP contribution in [0.4, 0.5) is 14.6 Å². The predicted octanol–water partition coefficient (Wildman–Crippen LogP) is 2.58. The maximum atomic E-state index is 14.5. The van der Waals surface area contributed by atoms with E-state index < -0.39 is 6.17 Å². The standard InChI is InChI=1S/C21H22F2N6OS/c1-31-16-5-12(4-13(22)6-16)17-7-14(23)11-28(17)20-3-2-19-25-10-18(29(19)27-20)21(30)26-15-8-24-9-15/h2-6,10,14-15,17,24H,7-9,11H2,1H3,(H,26,30)/t14-,17+/m0/s1. The number of hydrogen-bond donors (Lipinski definition) is 2. The van der Waals surface area contributed by atoms with Crippen LogP contribution in [-0.2, 0) is 0 Å². The van der Waals surface area contributed by atoms with Crippen molar-refractivity contribution in [2.24, 2.45) is 0 Å². The van der Waals surface area contributed by atoms with Crippen molar-refractivity contribution in [1.29, 1.82) is 0 Å². The van der Waals surface area contributed by atoms with Gasteiger partial charge in [0.2, 0.25) is 0 Å². The minimum Gasteiger partial charge on any atom is -0.345 e. The summed E-state index contributed by atoms with van der Waals surface area (Å²) in [5.41, 5.74) is 1.57. The van der Waals surface area contributed by atoms with E-state index in [4.69, 9.17) is 0 Å². The van der Waals surface area contributed by atoms with E-state index in [0.29, 0.717) is 22.7 Å². The first-order valence-corrected chi connectivity index (χ1v) is 11.4. The van der Waals surface area contributed by atoms with Gasteiger partial charge >= 0.3 is 0 Å². The van der Waals surface area contributed by atoms with Crippen LogP contribution in [0.1, 0.15) is 28.5 Å². The second kappa shape index (κ2) is 8.08. The average molecular weight is 445 g/mol. The van der Waals surface area contributed by atoms with E-state index in [1.807, 2.05) is 17.2 Å². The number of nitrogens with one attached hydrogen (secondary N) is 2. The van der Waals surface area contributed by atoms with Gasteiger partial charge in [-0.2, -0.15) is 0 Å². The smallest absolute Gasteiger partial charge is 0.271 e. The molecule has 2 N–H and O–H groups in total. The van der Waals surface area contributed by atoms with Crippen LogP contribution in [-0.4, -0.2) is 58.6 Å². The Bertz CT molecular complexity index is 1130. The summed E-state index contributed by atoms with van der Waals surface area (Å²) in [5, 5.41) is 10.7. The van der Waals surface area contributed by atoms with Crippen LogP contribution >= 0.6 is 11.8 Å². The van der Waals surface area contributed by atoms with Crippen molar-refractivity contribution < 1.29 is 13.6 Å². The van der Waals surface area contributed by atoms with E-state index in [2.05, 4.69) is 20.7 Å². The molecule has 0 aliphatic carbocycles. The number of hydrogen-bond acceptors (Lipinski definition) is 6. The molecule has 3 aromatic rings. The van der Waals surface area contributed by atoms with Gasteiger partial charge in [-0.1, -0.05) is 0 Å². The first-order valence-electron chi connectivity index (χ1n) is 10.1. The van der Waals surface area contributed by atoms with Crippen LogP contribution in [0.2, 0.25) is 0 Å². The summed E-state index contributed by atoms with van der Waals surface area (Å²) >= 11 is 1.44. The molecule has 7 nitrogen and oxygen atoms in total. The zero-order valence-electron chi connectivity index (χ0n) is 16.9. The average Bonchev–Trinajstić information content (AvgIpc) is 3.33. The van der Waals surface area contributed by atoms with Crippen molar-refractivity contribution in [3.05, 3.63) is 53.6 Å². The molecule has 1 aromatic carbocycles. The highest BCUT2D eigenvalue weighted by molar-refractivity contribution is 7.98. The molecule has 0 bridgehead atoms. The van der Waals surface area contributed by atoms with Gasteiger partial charge in [0, 0.05) is 24.4 Å². The lowest BCUT2D eigenvalue weighted by Gasteiger charge is -2.28. The molecule has 2 aromatic heterocycles. The van der Waals surface area contributed by atoms with Crippen molar-refractivity contribution in [1.82, 2.24) is 25.2 Å². The van der Waals surface area contributed by atoms with E-state index in [0.717, 1.165) is 18.0 Å². The van der Waals surface area contributed by atoms with Gasteiger partial charge < -0.3 is 15.5 Å². The second-order valence-electron chi connectivity index (χ2n) is 7.86. The molecule has 10 heteroatoms. The van der Waals surface area contributed by atoms with E-state index in [1.54, 1.807) is 12.1 Å². The van der Waals surface area contributed by atoms with Gasteiger partial charge in [0.15, 0.2) is 11.3 Å². The lowest BCUT2D eigenvalue weighted by atomic mass is 10.0. The highest BCUT2D eigenvalue weighted by atomic mass is 32.2. The molecular weight excluding hydrogens is 422 g/mol. The predicted molar refractivity (Wildman–Crippen MR) is 115 cm³/mol. The molecular formula is C21H22F2N6OS. The first kappa shape index (κ1) is 20.2. The molecule has 2 fully saturated rings. The quantitative estimate of drug-likeness (QED) is 0.590. The number of alkyl halides is 1. The van der Waals surface area contributed by atoms with Crippen molar-refractivity contribution in [2.75, 3.05) is 30.8 Å². The van der Waals surface area contributed by atoms with Crippen LogP contribution in [0, 0.1) is 5.82 Å². The van der Waals surface area contributed by atoms with Gasteiger partial charge in [0.1, 0.15) is 17.8 Å². The fraction of sp³-hybridized carbons (Fsp3) is 0.381. The molecule has 2 atom stereocenters. The maximum absolute atomic E-state index is 14.5. The maximum Gasteiger partial charge on any atom is 0.271 e. The van der Waals surface area contributed by atoms with Crippen molar-refractivity contribution >= 4 is 29.1 Å². The summed E-state index contributed by atoms with van der Waals surface area (Å²) in [5.74, 6) is -0.0729. The molecule has 4 heterocycles. The van der Waals surface area contributed by atoms with Crippen LogP contribution in [0.25, 0.3) is 5.65 Å². The Balaban J connectivity index is 1.49. The molecule has 0 spiro atoms. The fourth-order valence-corrected chi connectivity index (χ4v) is 4.55. The lowest BCUT2D eigenvalue weighted by Crippen LogP contribution is -2.57. The summed E-state index contributed by atoms with van der Waals surface area (Å²) in [6.45, 7) is 1.62. The molecule has 0 radical (unpaired) electrons. The number of thioether (sulfide) groups is 1. The Labute approximate surface area is 182 Å². The van der Waals surface area contributed by atoms with E-state index >= 15 is 0 Å². The van der Waals surface area contributed by atoms with E-state index in [1.165, 1.54) is 34.6 Å². The lowest BCUT2D eigenvalue weighted by molar-refractivity contribution is 0.0916. The van der Waals surface area contributed by atoms with Crippen molar-refractivity contribution in [3.63, 3.8) is 0 Å². The number of halogens is 2. The number of rotatable bonds is 5. The third-order valence-corrected chi connectivity index (χ3v) is 6.46. The fourth-order valence-electron chi connectivity index (χ4n) is 4.07. The number of nitrogens with zero attached hydrogens (tertiary/aromatic N) is 4.